The molecular weight excluding hydrogens is 284 g/mol. The van der Waals surface area contributed by atoms with Crippen molar-refractivity contribution in [2.24, 2.45) is 0 Å². The molecule has 0 atom stereocenters. The number of nitrogens with zero attached hydrogens (tertiary/aromatic N) is 2. The molecule has 0 N–H and O–H groups in total. The second-order valence-electron chi connectivity index (χ2n) is 4.23. The van der Waals surface area contributed by atoms with Crippen LogP contribution < -0.4 is 10.3 Å². The predicted octanol–water partition coefficient (Wildman–Crippen LogP) is 2.34. The topological polar surface area (TPSA) is 43.6 Å². The summed E-state index contributed by atoms with van der Waals surface area (Å²) in [5.74, 6) is 0.944. The summed E-state index contributed by atoms with van der Waals surface area (Å²) in [6, 6.07) is 3.44. The van der Waals surface area contributed by atoms with Gasteiger partial charge in [0.25, 0.3) is 5.56 Å². The number of ether oxygens (including phenoxy) is 1. The Bertz CT molecular complexity index is 647. The van der Waals surface area contributed by atoms with Crippen molar-refractivity contribution in [3.05, 3.63) is 38.7 Å². The minimum absolute atomic E-state index is 0.116. The van der Waals surface area contributed by atoms with Gasteiger partial charge in [-0.15, -0.1) is 0 Å². The summed E-state index contributed by atoms with van der Waals surface area (Å²) < 4.78 is 7.40. The maximum Gasteiger partial charge on any atom is 0.261 e. The van der Waals surface area contributed by atoms with Crippen molar-refractivity contribution in [3.63, 3.8) is 0 Å². The number of aromatic nitrogens is 2. The van der Waals surface area contributed by atoms with Crippen molar-refractivity contribution in [2.45, 2.75) is 18.8 Å². The molecule has 1 aliphatic carbocycles. The highest BCUT2D eigenvalue weighted by atomic mass is 79.9. The Kier molecular flexibility index (Phi) is 2.43. The number of halogens is 1. The van der Waals surface area contributed by atoms with Crippen LogP contribution >= 0.6 is 15.9 Å². The monoisotopic (exact) mass is 294 g/mol. The van der Waals surface area contributed by atoms with E-state index in [0.717, 1.165) is 4.47 Å². The summed E-state index contributed by atoms with van der Waals surface area (Å²) in [6.07, 6.45) is 4.29. The van der Waals surface area contributed by atoms with E-state index in [9.17, 15) is 4.79 Å². The van der Waals surface area contributed by atoms with Crippen LogP contribution in [-0.4, -0.2) is 16.5 Å². The summed E-state index contributed by atoms with van der Waals surface area (Å²) >= 11 is 3.46. The second kappa shape index (κ2) is 3.84. The van der Waals surface area contributed by atoms with Crippen LogP contribution in [0.2, 0.25) is 0 Å². The van der Waals surface area contributed by atoms with Crippen LogP contribution in [0.1, 0.15) is 24.3 Å². The van der Waals surface area contributed by atoms with Crippen molar-refractivity contribution in [1.29, 1.82) is 0 Å². The van der Waals surface area contributed by atoms with E-state index in [0.29, 0.717) is 17.4 Å². The third kappa shape index (κ3) is 1.84. The van der Waals surface area contributed by atoms with E-state index in [4.69, 9.17) is 4.74 Å². The van der Waals surface area contributed by atoms with Gasteiger partial charge in [0.15, 0.2) is 5.65 Å². The Labute approximate surface area is 106 Å². The van der Waals surface area contributed by atoms with Gasteiger partial charge in [0.2, 0.25) is 5.88 Å². The Balaban J connectivity index is 2.31. The highest BCUT2D eigenvalue weighted by Gasteiger charge is 2.24. The Hall–Kier alpha value is -1.36. The standard InChI is InChI=1S/C12H11BrN2O2/c1-17-10-5-11(16)15-6-8(7-2-3-7)4-9(13)12(15)14-10/h4-7H,2-3H2,1H3. The van der Waals surface area contributed by atoms with Crippen LogP contribution in [0.3, 0.4) is 0 Å². The van der Waals surface area contributed by atoms with E-state index in [2.05, 4.69) is 20.9 Å². The molecule has 0 aliphatic heterocycles. The van der Waals surface area contributed by atoms with Gasteiger partial charge in [0.05, 0.1) is 17.6 Å². The SMILES string of the molecule is COc1cc(=O)n2cc(C3CC3)cc(Br)c2n1. The Morgan fingerprint density at radius 3 is 2.88 bits per heavy atom. The van der Waals surface area contributed by atoms with Crippen molar-refractivity contribution in [2.75, 3.05) is 7.11 Å². The number of pyridine rings is 1. The summed E-state index contributed by atoms with van der Waals surface area (Å²) in [6.45, 7) is 0. The zero-order valence-electron chi connectivity index (χ0n) is 9.31. The lowest BCUT2D eigenvalue weighted by molar-refractivity contribution is 0.397. The summed E-state index contributed by atoms with van der Waals surface area (Å²) in [7, 11) is 1.50. The van der Waals surface area contributed by atoms with Crippen molar-refractivity contribution in [3.8, 4) is 5.88 Å². The van der Waals surface area contributed by atoms with Crippen LogP contribution in [-0.2, 0) is 0 Å². The third-order valence-electron chi connectivity index (χ3n) is 2.97. The van der Waals surface area contributed by atoms with Gasteiger partial charge >= 0.3 is 0 Å². The summed E-state index contributed by atoms with van der Waals surface area (Å²) in [4.78, 5) is 16.2. The molecule has 0 amide bonds. The number of methoxy groups -OCH3 is 1. The number of hydrogen-bond donors (Lipinski definition) is 0. The molecule has 5 heteroatoms. The molecule has 0 unspecified atom stereocenters. The van der Waals surface area contributed by atoms with E-state index in [1.807, 2.05) is 12.3 Å². The van der Waals surface area contributed by atoms with Gasteiger partial charge in [0, 0.05) is 6.20 Å². The van der Waals surface area contributed by atoms with E-state index in [-0.39, 0.29) is 5.56 Å². The molecule has 2 heterocycles. The first kappa shape index (κ1) is 10.8. The van der Waals surface area contributed by atoms with Crippen LogP contribution in [0.25, 0.3) is 5.65 Å². The fourth-order valence-electron chi connectivity index (χ4n) is 1.91. The minimum atomic E-state index is -0.116. The van der Waals surface area contributed by atoms with Gasteiger partial charge in [-0.2, -0.15) is 4.98 Å². The highest BCUT2D eigenvalue weighted by molar-refractivity contribution is 9.10. The first-order valence-electron chi connectivity index (χ1n) is 5.46. The van der Waals surface area contributed by atoms with E-state index in [1.165, 1.54) is 31.6 Å². The fraction of sp³-hybridized carbons (Fsp3) is 0.333. The largest absolute Gasteiger partial charge is 0.481 e. The lowest BCUT2D eigenvalue weighted by Gasteiger charge is -2.07. The molecule has 1 aliphatic rings. The molecule has 2 aromatic rings. The molecule has 0 spiro atoms. The average Bonchev–Trinajstić information content (AvgIpc) is 3.13. The van der Waals surface area contributed by atoms with E-state index < -0.39 is 0 Å². The zero-order chi connectivity index (χ0) is 12.0. The molecule has 4 nitrogen and oxygen atoms in total. The Morgan fingerprint density at radius 2 is 2.24 bits per heavy atom. The first-order chi connectivity index (χ1) is 8.19. The number of fused-ring (bicyclic) bond motifs is 1. The molecule has 0 aromatic carbocycles. The molecule has 3 rings (SSSR count). The molecule has 17 heavy (non-hydrogen) atoms. The molecule has 1 saturated carbocycles. The highest BCUT2D eigenvalue weighted by Crippen LogP contribution is 2.40. The van der Waals surface area contributed by atoms with Crippen molar-refractivity contribution in [1.82, 2.24) is 9.38 Å². The molecular formula is C12H11BrN2O2. The minimum Gasteiger partial charge on any atom is -0.481 e. The van der Waals surface area contributed by atoms with Gasteiger partial charge in [-0.05, 0) is 46.3 Å². The normalized spacial score (nSPS) is 15.2. The first-order valence-corrected chi connectivity index (χ1v) is 6.25. The molecule has 0 saturated heterocycles. The maximum atomic E-state index is 11.9. The van der Waals surface area contributed by atoms with Gasteiger partial charge in [-0.1, -0.05) is 0 Å². The van der Waals surface area contributed by atoms with Crippen LogP contribution in [0, 0.1) is 0 Å². The maximum absolute atomic E-state index is 11.9. The lowest BCUT2D eigenvalue weighted by atomic mass is 10.2. The summed E-state index contributed by atoms with van der Waals surface area (Å²) in [5, 5.41) is 0. The number of hydrogen-bond acceptors (Lipinski definition) is 3. The zero-order valence-corrected chi connectivity index (χ0v) is 10.9. The van der Waals surface area contributed by atoms with E-state index in [1.54, 1.807) is 4.40 Å². The van der Waals surface area contributed by atoms with Crippen LogP contribution in [0.4, 0.5) is 0 Å². The molecule has 0 radical (unpaired) electrons. The van der Waals surface area contributed by atoms with Crippen molar-refractivity contribution < 1.29 is 4.74 Å². The van der Waals surface area contributed by atoms with Crippen LogP contribution in [0.5, 0.6) is 5.88 Å². The number of rotatable bonds is 2. The molecule has 2 aromatic heterocycles. The molecule has 88 valence electrons. The molecule has 0 bridgehead atoms. The smallest absolute Gasteiger partial charge is 0.261 e. The Morgan fingerprint density at radius 1 is 1.47 bits per heavy atom. The predicted molar refractivity (Wildman–Crippen MR) is 67.7 cm³/mol. The van der Waals surface area contributed by atoms with Gasteiger partial charge in [-0.25, -0.2) is 0 Å². The van der Waals surface area contributed by atoms with Gasteiger partial charge in [-0.3, -0.25) is 9.20 Å². The summed E-state index contributed by atoms with van der Waals surface area (Å²) in [5.41, 5.74) is 1.67. The molecule has 1 fully saturated rings. The average molecular weight is 295 g/mol. The lowest BCUT2D eigenvalue weighted by Crippen LogP contribution is -2.15. The van der Waals surface area contributed by atoms with Crippen molar-refractivity contribution >= 4 is 21.6 Å². The fourth-order valence-corrected chi connectivity index (χ4v) is 2.45. The quantitative estimate of drug-likeness (QED) is 0.854. The van der Waals surface area contributed by atoms with Gasteiger partial charge < -0.3 is 4.74 Å². The van der Waals surface area contributed by atoms with Crippen LogP contribution in [0.15, 0.2) is 27.6 Å². The second-order valence-corrected chi connectivity index (χ2v) is 5.08. The van der Waals surface area contributed by atoms with Gasteiger partial charge in [0.1, 0.15) is 0 Å². The third-order valence-corrected chi connectivity index (χ3v) is 3.56. The van der Waals surface area contributed by atoms with E-state index >= 15 is 0 Å².